The van der Waals surface area contributed by atoms with Gasteiger partial charge in [0.2, 0.25) is 0 Å². The molecule has 2 aromatic carbocycles. The Kier molecular flexibility index (Phi) is 7.49. The molecule has 0 bridgehead atoms. The molecular formula is C20H25N3O4. The molecule has 0 radical (unpaired) electrons. The van der Waals surface area contributed by atoms with Crippen LogP contribution in [-0.4, -0.2) is 39.0 Å². The Morgan fingerprint density at radius 1 is 1.11 bits per heavy atom. The van der Waals surface area contributed by atoms with Gasteiger partial charge in [0.1, 0.15) is 23.3 Å². The Balaban J connectivity index is 1.91. The number of nitrogens with one attached hydrogen (secondary N) is 2. The van der Waals surface area contributed by atoms with Gasteiger partial charge >= 0.3 is 0 Å². The van der Waals surface area contributed by atoms with Crippen LogP contribution in [0.3, 0.4) is 0 Å². The van der Waals surface area contributed by atoms with Crippen molar-refractivity contribution in [1.29, 1.82) is 0 Å². The number of rotatable bonds is 9. The van der Waals surface area contributed by atoms with E-state index < -0.39 is 6.04 Å². The lowest BCUT2D eigenvalue weighted by molar-refractivity contribution is -0.121. The zero-order valence-corrected chi connectivity index (χ0v) is 16.0. The summed E-state index contributed by atoms with van der Waals surface area (Å²) in [5.74, 6) is 1.82. The maximum Gasteiger partial charge on any atom is 0.262 e. The largest absolute Gasteiger partial charge is 0.497 e. The average Bonchev–Trinajstić information content (AvgIpc) is 2.69. The minimum Gasteiger partial charge on any atom is -0.497 e. The standard InChI is InChI=1S/C20H25N3O4/c1-5-27-17-10-7-16(8-11-17)22-14(2)20(24)23-21-13-15-6-9-18(25-3)12-19(15)26-4/h6-14,22H,5H2,1-4H3,(H,23,24)/b21-13-/t14-/m0/s1. The zero-order valence-electron chi connectivity index (χ0n) is 16.0. The summed E-state index contributed by atoms with van der Waals surface area (Å²) >= 11 is 0. The van der Waals surface area contributed by atoms with Crippen LogP contribution in [0.15, 0.2) is 47.6 Å². The summed E-state index contributed by atoms with van der Waals surface area (Å²) in [7, 11) is 3.15. The normalized spacial score (nSPS) is 11.7. The van der Waals surface area contributed by atoms with Gasteiger partial charge in [-0.15, -0.1) is 0 Å². The number of hydrogen-bond acceptors (Lipinski definition) is 6. The minimum absolute atomic E-state index is 0.257. The first-order valence-electron chi connectivity index (χ1n) is 8.61. The van der Waals surface area contributed by atoms with Crippen LogP contribution in [0.4, 0.5) is 5.69 Å². The molecule has 2 rings (SSSR count). The van der Waals surface area contributed by atoms with E-state index in [9.17, 15) is 4.79 Å². The summed E-state index contributed by atoms with van der Waals surface area (Å²) in [4.78, 5) is 12.2. The fraction of sp³-hybridized carbons (Fsp3) is 0.300. The number of anilines is 1. The van der Waals surface area contributed by atoms with Crippen molar-refractivity contribution in [2.24, 2.45) is 5.10 Å². The first-order valence-corrected chi connectivity index (χ1v) is 8.61. The lowest BCUT2D eigenvalue weighted by Crippen LogP contribution is -2.34. The third kappa shape index (κ3) is 5.91. The van der Waals surface area contributed by atoms with Gasteiger partial charge in [-0.1, -0.05) is 0 Å². The fourth-order valence-corrected chi connectivity index (χ4v) is 2.32. The van der Waals surface area contributed by atoms with Gasteiger partial charge in [0, 0.05) is 17.3 Å². The van der Waals surface area contributed by atoms with Crippen LogP contribution in [0, 0.1) is 0 Å². The van der Waals surface area contributed by atoms with Gasteiger partial charge in [0.15, 0.2) is 0 Å². The molecule has 7 nitrogen and oxygen atoms in total. The molecule has 0 saturated heterocycles. The van der Waals surface area contributed by atoms with Crippen molar-refractivity contribution in [2.45, 2.75) is 19.9 Å². The first-order chi connectivity index (χ1) is 13.1. The van der Waals surface area contributed by atoms with Crippen molar-refractivity contribution in [3.05, 3.63) is 48.0 Å². The maximum atomic E-state index is 12.2. The second kappa shape index (κ2) is 10.1. The summed E-state index contributed by atoms with van der Waals surface area (Å²) in [6.07, 6.45) is 1.53. The highest BCUT2D eigenvalue weighted by molar-refractivity contribution is 5.87. The molecule has 0 unspecified atom stereocenters. The smallest absolute Gasteiger partial charge is 0.262 e. The van der Waals surface area contributed by atoms with Crippen LogP contribution in [0.2, 0.25) is 0 Å². The Bertz CT molecular complexity index is 775. The molecule has 1 atom stereocenters. The summed E-state index contributed by atoms with van der Waals surface area (Å²) in [6.45, 7) is 4.30. The highest BCUT2D eigenvalue weighted by Gasteiger charge is 2.12. The quantitative estimate of drug-likeness (QED) is 0.523. The molecule has 0 saturated carbocycles. The summed E-state index contributed by atoms with van der Waals surface area (Å²) < 4.78 is 15.8. The highest BCUT2D eigenvalue weighted by Crippen LogP contribution is 2.23. The Morgan fingerprint density at radius 2 is 1.81 bits per heavy atom. The summed E-state index contributed by atoms with van der Waals surface area (Å²) in [6, 6.07) is 12.3. The van der Waals surface area contributed by atoms with Crippen LogP contribution in [-0.2, 0) is 4.79 Å². The molecule has 0 aliphatic carbocycles. The van der Waals surface area contributed by atoms with Gasteiger partial charge in [0.25, 0.3) is 5.91 Å². The molecule has 2 aromatic rings. The molecule has 0 aromatic heterocycles. The summed E-state index contributed by atoms with van der Waals surface area (Å²) in [5.41, 5.74) is 4.07. The molecule has 144 valence electrons. The lowest BCUT2D eigenvalue weighted by Gasteiger charge is -2.14. The molecule has 0 heterocycles. The number of methoxy groups -OCH3 is 2. The third-order valence-corrected chi connectivity index (χ3v) is 3.76. The second-order valence-corrected chi connectivity index (χ2v) is 5.67. The predicted molar refractivity (Wildman–Crippen MR) is 106 cm³/mol. The van der Waals surface area contributed by atoms with Crippen molar-refractivity contribution in [1.82, 2.24) is 5.43 Å². The van der Waals surface area contributed by atoms with E-state index in [2.05, 4.69) is 15.8 Å². The zero-order chi connectivity index (χ0) is 19.6. The molecule has 2 N–H and O–H groups in total. The topological polar surface area (TPSA) is 81.2 Å². The fourth-order valence-electron chi connectivity index (χ4n) is 2.32. The number of hydrogen-bond donors (Lipinski definition) is 2. The number of amides is 1. The highest BCUT2D eigenvalue weighted by atomic mass is 16.5. The van der Waals surface area contributed by atoms with Crippen molar-refractivity contribution < 1.29 is 19.0 Å². The van der Waals surface area contributed by atoms with Crippen LogP contribution in [0.5, 0.6) is 17.2 Å². The van der Waals surface area contributed by atoms with Crippen LogP contribution < -0.4 is 25.0 Å². The van der Waals surface area contributed by atoms with Crippen molar-refractivity contribution in [3.8, 4) is 17.2 Å². The van der Waals surface area contributed by atoms with Gasteiger partial charge in [-0.25, -0.2) is 5.43 Å². The second-order valence-electron chi connectivity index (χ2n) is 5.67. The van der Waals surface area contributed by atoms with Crippen molar-refractivity contribution in [2.75, 3.05) is 26.1 Å². The van der Waals surface area contributed by atoms with E-state index in [1.807, 2.05) is 31.2 Å². The van der Waals surface area contributed by atoms with Gasteiger partial charge < -0.3 is 19.5 Å². The molecule has 7 heteroatoms. The number of hydrazone groups is 1. The number of carbonyl (C=O) groups is 1. The van der Waals surface area contributed by atoms with E-state index in [-0.39, 0.29) is 5.91 Å². The molecule has 0 aliphatic rings. The Hall–Kier alpha value is -3.22. The monoisotopic (exact) mass is 371 g/mol. The van der Waals surface area contributed by atoms with Gasteiger partial charge in [-0.05, 0) is 50.2 Å². The van der Waals surface area contributed by atoms with Gasteiger partial charge in [-0.2, -0.15) is 5.10 Å². The van der Waals surface area contributed by atoms with E-state index in [1.54, 1.807) is 39.3 Å². The maximum absolute atomic E-state index is 12.2. The molecule has 1 amide bonds. The van der Waals surface area contributed by atoms with Crippen molar-refractivity contribution >= 4 is 17.8 Å². The number of benzene rings is 2. The molecule has 0 fully saturated rings. The molecular weight excluding hydrogens is 346 g/mol. The van der Waals surface area contributed by atoms with Gasteiger partial charge in [-0.3, -0.25) is 4.79 Å². The number of nitrogens with zero attached hydrogens (tertiary/aromatic N) is 1. The van der Waals surface area contributed by atoms with E-state index in [0.717, 1.165) is 17.0 Å². The van der Waals surface area contributed by atoms with E-state index in [1.165, 1.54) is 6.21 Å². The van der Waals surface area contributed by atoms with E-state index in [4.69, 9.17) is 14.2 Å². The summed E-state index contributed by atoms with van der Waals surface area (Å²) in [5, 5.41) is 7.12. The van der Waals surface area contributed by atoms with Crippen LogP contribution in [0.25, 0.3) is 0 Å². The number of ether oxygens (including phenoxy) is 3. The van der Waals surface area contributed by atoms with Crippen LogP contribution in [0.1, 0.15) is 19.4 Å². The molecule has 0 aliphatic heterocycles. The average molecular weight is 371 g/mol. The predicted octanol–water partition coefficient (Wildman–Crippen LogP) is 3.05. The van der Waals surface area contributed by atoms with Crippen LogP contribution >= 0.6 is 0 Å². The Labute approximate surface area is 159 Å². The minimum atomic E-state index is -0.460. The van der Waals surface area contributed by atoms with E-state index >= 15 is 0 Å². The van der Waals surface area contributed by atoms with Gasteiger partial charge in [0.05, 0.1) is 27.0 Å². The number of carbonyl (C=O) groups excluding carboxylic acids is 1. The van der Waals surface area contributed by atoms with Crippen molar-refractivity contribution in [3.63, 3.8) is 0 Å². The lowest BCUT2D eigenvalue weighted by atomic mass is 10.2. The first kappa shape index (κ1) is 20.1. The SMILES string of the molecule is CCOc1ccc(N[C@@H](C)C(=O)N/N=C\c2ccc(OC)cc2OC)cc1. The molecule has 0 spiro atoms. The molecule has 27 heavy (non-hydrogen) atoms. The Morgan fingerprint density at radius 3 is 2.44 bits per heavy atom. The van der Waals surface area contributed by atoms with E-state index in [0.29, 0.717) is 18.1 Å². The third-order valence-electron chi connectivity index (χ3n) is 3.76.